The topological polar surface area (TPSA) is 175 Å². The lowest BCUT2D eigenvalue weighted by Crippen LogP contribution is -2.44. The van der Waals surface area contributed by atoms with Gasteiger partial charge in [-0.15, -0.1) is 0 Å². The van der Waals surface area contributed by atoms with Crippen LogP contribution in [0.4, 0.5) is 20.3 Å². The van der Waals surface area contributed by atoms with Crippen LogP contribution < -0.4 is 26.5 Å². The molecule has 3 N–H and O–H groups in total. The molecular formula is C41H45F2N11O5. The fourth-order valence-electron chi connectivity index (χ4n) is 9.05. The summed E-state index contributed by atoms with van der Waals surface area (Å²) in [5.41, 5.74) is 1.68. The number of fused-ring (bicyclic) bond motifs is 4. The van der Waals surface area contributed by atoms with Crippen molar-refractivity contribution in [2.45, 2.75) is 88.4 Å². The Morgan fingerprint density at radius 2 is 1.95 bits per heavy atom. The molecule has 3 amide bonds. The molecule has 4 fully saturated rings. The van der Waals surface area contributed by atoms with Gasteiger partial charge in [-0.1, -0.05) is 17.9 Å². The lowest BCUT2D eigenvalue weighted by atomic mass is 9.86. The molecule has 16 nitrogen and oxygen atoms in total. The molecule has 59 heavy (non-hydrogen) atoms. The normalized spacial score (nSPS) is 23.0. The molecule has 2 bridgehead atoms. The molecule has 2 unspecified atom stereocenters. The van der Waals surface area contributed by atoms with Gasteiger partial charge in [0, 0.05) is 38.8 Å². The van der Waals surface area contributed by atoms with Crippen molar-refractivity contribution in [2.24, 2.45) is 13.0 Å². The fourth-order valence-corrected chi connectivity index (χ4v) is 9.05. The molecule has 4 aliphatic rings. The van der Waals surface area contributed by atoms with Gasteiger partial charge in [0.1, 0.15) is 17.4 Å². The molecule has 1 aromatic carbocycles. The van der Waals surface area contributed by atoms with Crippen LogP contribution in [0.25, 0.3) is 16.7 Å². The van der Waals surface area contributed by atoms with Gasteiger partial charge in [-0.3, -0.25) is 33.5 Å². The second kappa shape index (κ2) is 16.0. The summed E-state index contributed by atoms with van der Waals surface area (Å²) in [7, 11) is 1.66. The SMILES string of the molecule is Cn1c(=O)n(C2CCC(=O)NC2=O)c2cccc(C#CCCCNCC3CCC(n4cc(NC(=O)c5cnn6ccc(N7C[C@H]8CC7CO8)nc56)c(C(F)F)n4)CC3)c21. The number of para-hydroxylation sites is 1. The van der Waals surface area contributed by atoms with E-state index in [0.29, 0.717) is 41.2 Å². The minimum atomic E-state index is -2.87. The highest BCUT2D eigenvalue weighted by molar-refractivity contribution is 6.08. The first kappa shape index (κ1) is 38.6. The first-order valence-electron chi connectivity index (χ1n) is 20.3. The minimum Gasteiger partial charge on any atom is -0.374 e. The van der Waals surface area contributed by atoms with E-state index in [1.54, 1.807) is 24.0 Å². The number of hydrogen-bond acceptors (Lipinski definition) is 10. The molecule has 1 saturated carbocycles. The summed E-state index contributed by atoms with van der Waals surface area (Å²) in [6.07, 6.45) is 8.20. The molecule has 308 valence electrons. The van der Waals surface area contributed by atoms with Gasteiger partial charge in [-0.05, 0) is 82.2 Å². The van der Waals surface area contributed by atoms with Crippen LogP contribution in [0.1, 0.15) is 97.9 Å². The number of hydrogen-bond donors (Lipinski definition) is 3. The smallest absolute Gasteiger partial charge is 0.329 e. The second-order valence-electron chi connectivity index (χ2n) is 15.9. The third kappa shape index (κ3) is 7.48. The quantitative estimate of drug-likeness (QED) is 0.101. The number of alkyl halides is 2. The average Bonchev–Trinajstić information content (AvgIpc) is 4.08. The van der Waals surface area contributed by atoms with Crippen LogP contribution in [0.3, 0.4) is 0 Å². The molecule has 3 saturated heterocycles. The van der Waals surface area contributed by atoms with E-state index in [1.165, 1.54) is 26.0 Å². The summed E-state index contributed by atoms with van der Waals surface area (Å²) in [4.78, 5) is 57.8. The zero-order valence-corrected chi connectivity index (χ0v) is 32.6. The number of ether oxygens (including phenoxy) is 1. The predicted octanol–water partition coefficient (Wildman–Crippen LogP) is 3.88. The Bertz CT molecular complexity index is 2560. The van der Waals surface area contributed by atoms with E-state index < -0.39 is 30.0 Å². The number of unbranched alkanes of at least 4 members (excludes halogenated alkanes) is 1. The zero-order valence-electron chi connectivity index (χ0n) is 32.6. The highest BCUT2D eigenvalue weighted by Crippen LogP contribution is 2.36. The van der Waals surface area contributed by atoms with Crippen molar-refractivity contribution in [3.05, 3.63) is 70.2 Å². The Morgan fingerprint density at radius 3 is 2.71 bits per heavy atom. The molecule has 9 rings (SSSR count). The molecule has 0 spiro atoms. The number of aryl methyl sites for hydroxylation is 1. The zero-order chi connectivity index (χ0) is 40.8. The number of nitrogens with zero attached hydrogens (tertiary/aromatic N) is 8. The highest BCUT2D eigenvalue weighted by Gasteiger charge is 2.40. The number of amides is 3. The van der Waals surface area contributed by atoms with E-state index in [9.17, 15) is 28.0 Å². The molecule has 4 aromatic heterocycles. The molecule has 3 aliphatic heterocycles. The van der Waals surface area contributed by atoms with Crippen LogP contribution in [0, 0.1) is 17.8 Å². The van der Waals surface area contributed by atoms with Crippen molar-refractivity contribution in [1.82, 2.24) is 44.1 Å². The van der Waals surface area contributed by atoms with Gasteiger partial charge in [0.2, 0.25) is 11.8 Å². The number of imide groups is 1. The first-order chi connectivity index (χ1) is 28.6. The average molecular weight is 810 g/mol. The number of benzene rings is 1. The Hall–Kier alpha value is -5.93. The van der Waals surface area contributed by atoms with E-state index in [2.05, 4.69) is 42.9 Å². The maximum Gasteiger partial charge on any atom is 0.329 e. The van der Waals surface area contributed by atoms with Gasteiger partial charge in [0.25, 0.3) is 12.3 Å². The number of carbonyl (C=O) groups is 3. The molecular weight excluding hydrogens is 765 g/mol. The molecule has 7 heterocycles. The van der Waals surface area contributed by atoms with Crippen molar-refractivity contribution in [2.75, 3.05) is 36.5 Å². The second-order valence-corrected chi connectivity index (χ2v) is 15.9. The third-order valence-electron chi connectivity index (χ3n) is 12.1. The number of imidazole rings is 1. The van der Waals surface area contributed by atoms with Crippen LogP contribution in [0.2, 0.25) is 0 Å². The van der Waals surface area contributed by atoms with E-state index >= 15 is 0 Å². The van der Waals surface area contributed by atoms with Gasteiger partial charge in [0.15, 0.2) is 11.3 Å². The summed E-state index contributed by atoms with van der Waals surface area (Å²) in [6.45, 7) is 2.98. The van der Waals surface area contributed by atoms with Crippen molar-refractivity contribution < 1.29 is 27.9 Å². The van der Waals surface area contributed by atoms with Gasteiger partial charge in [-0.2, -0.15) is 10.2 Å². The largest absolute Gasteiger partial charge is 0.374 e. The summed E-state index contributed by atoms with van der Waals surface area (Å²) in [5, 5.41) is 17.1. The number of rotatable bonds is 11. The van der Waals surface area contributed by atoms with Gasteiger partial charge >= 0.3 is 5.69 Å². The van der Waals surface area contributed by atoms with E-state index in [0.717, 1.165) is 64.0 Å². The summed E-state index contributed by atoms with van der Waals surface area (Å²) >= 11 is 0. The van der Waals surface area contributed by atoms with E-state index in [4.69, 9.17) is 9.72 Å². The van der Waals surface area contributed by atoms with Crippen molar-refractivity contribution in [3.63, 3.8) is 0 Å². The predicted molar refractivity (Wildman–Crippen MR) is 212 cm³/mol. The van der Waals surface area contributed by atoms with Crippen molar-refractivity contribution >= 4 is 45.9 Å². The Kier molecular flexibility index (Phi) is 10.5. The Balaban J connectivity index is 0.758. The monoisotopic (exact) mass is 809 g/mol. The number of aromatic nitrogens is 7. The molecule has 3 atom stereocenters. The maximum absolute atomic E-state index is 14.2. The lowest BCUT2D eigenvalue weighted by molar-refractivity contribution is -0.135. The Labute approximate surface area is 337 Å². The fraction of sp³-hybridized carbons (Fsp3) is 0.488. The molecule has 1 aliphatic carbocycles. The lowest BCUT2D eigenvalue weighted by Gasteiger charge is -2.28. The van der Waals surface area contributed by atoms with Crippen LogP contribution in [-0.4, -0.2) is 89.6 Å². The number of anilines is 2. The van der Waals surface area contributed by atoms with Gasteiger partial charge in [-0.25, -0.2) is 23.1 Å². The van der Waals surface area contributed by atoms with Crippen molar-refractivity contribution in [1.29, 1.82) is 0 Å². The molecule has 0 radical (unpaired) electrons. The number of halogens is 2. The summed E-state index contributed by atoms with van der Waals surface area (Å²) in [5.74, 6) is 6.21. The highest BCUT2D eigenvalue weighted by atomic mass is 19.3. The standard InChI is InChI=1S/C41H45F2N11O5/c1-50-36-25(7-5-8-31(36)54(41(50)58)32-13-14-34(55)48-40(32)57)6-3-2-4-16-44-19-24-9-11-26(12-10-24)53-22-30(35(49-53)37(42)43)46-39(56)29-20-45-52-17-15-33(47-38(29)52)51-21-28-18-27(51)23-59-28/h5,7-8,15,17,20,22,24,26-28,32,37,44H,2,4,9-14,16,18-19,21,23H2,1H3,(H,46,56)(H,48,55,57)/t24?,26?,27?,28-,32?/m1/s1. The van der Waals surface area contributed by atoms with E-state index in [1.807, 2.05) is 18.2 Å². The van der Waals surface area contributed by atoms with Gasteiger partial charge in [0.05, 0.1) is 53.3 Å². The number of piperidine rings is 1. The minimum absolute atomic E-state index is 0.0206. The summed E-state index contributed by atoms with van der Waals surface area (Å²) in [6, 6.07) is 6.75. The first-order valence-corrected chi connectivity index (χ1v) is 20.3. The molecule has 18 heteroatoms. The molecule has 5 aromatic rings. The number of carbonyl (C=O) groups excluding carboxylic acids is 3. The third-order valence-corrected chi connectivity index (χ3v) is 12.1. The van der Waals surface area contributed by atoms with Crippen LogP contribution in [0.15, 0.2) is 47.7 Å². The van der Waals surface area contributed by atoms with Crippen LogP contribution in [0.5, 0.6) is 0 Å². The van der Waals surface area contributed by atoms with Gasteiger partial charge < -0.3 is 20.3 Å². The van der Waals surface area contributed by atoms with Crippen LogP contribution in [-0.2, 0) is 21.4 Å². The van der Waals surface area contributed by atoms with E-state index in [-0.39, 0.29) is 53.9 Å². The number of morpholine rings is 1. The van der Waals surface area contributed by atoms with Crippen molar-refractivity contribution in [3.8, 4) is 11.8 Å². The Morgan fingerprint density at radius 1 is 1.10 bits per heavy atom. The maximum atomic E-state index is 14.2. The summed E-state index contributed by atoms with van der Waals surface area (Å²) < 4.78 is 40.2. The number of nitrogens with one attached hydrogen (secondary N) is 3. The van der Waals surface area contributed by atoms with Crippen LogP contribution >= 0.6 is 0 Å².